The Morgan fingerprint density at radius 1 is 1.13 bits per heavy atom. The molecule has 0 aliphatic carbocycles. The summed E-state index contributed by atoms with van der Waals surface area (Å²) in [7, 11) is 1.53. The zero-order chi connectivity index (χ0) is 17.4. The van der Waals surface area contributed by atoms with Gasteiger partial charge in [-0.15, -0.1) is 0 Å². The minimum atomic E-state index is -0.949. The molecule has 0 aliphatic rings. The number of urea groups is 1. The lowest BCUT2D eigenvalue weighted by Gasteiger charge is -2.20. The monoisotopic (exact) mass is 321 g/mol. The van der Waals surface area contributed by atoms with E-state index in [0.29, 0.717) is 12.1 Å². The van der Waals surface area contributed by atoms with Crippen molar-refractivity contribution in [1.29, 1.82) is 0 Å². The van der Waals surface area contributed by atoms with E-state index in [1.54, 1.807) is 12.1 Å². The maximum absolute atomic E-state index is 11.9. The Morgan fingerprint density at radius 2 is 1.70 bits per heavy atom. The molecule has 126 valence electrons. The van der Waals surface area contributed by atoms with Gasteiger partial charge in [-0.05, 0) is 19.1 Å². The van der Waals surface area contributed by atoms with Crippen molar-refractivity contribution in [3.8, 4) is 0 Å². The van der Waals surface area contributed by atoms with Gasteiger partial charge >= 0.3 is 12.0 Å². The zero-order valence-electron chi connectivity index (χ0n) is 13.6. The third-order valence-electron chi connectivity index (χ3n) is 3.32. The quantitative estimate of drug-likeness (QED) is 0.655. The van der Waals surface area contributed by atoms with Crippen molar-refractivity contribution in [3.05, 3.63) is 35.4 Å². The number of benzene rings is 1. The van der Waals surface area contributed by atoms with E-state index in [1.807, 2.05) is 19.1 Å². The van der Waals surface area contributed by atoms with Crippen LogP contribution < -0.4 is 10.6 Å². The molecule has 7 heteroatoms. The largest absolute Gasteiger partial charge is 0.481 e. The van der Waals surface area contributed by atoms with Crippen molar-refractivity contribution in [2.24, 2.45) is 5.92 Å². The Balaban J connectivity index is 2.28. The second-order valence-electron chi connectivity index (χ2n) is 5.47. The van der Waals surface area contributed by atoms with E-state index in [9.17, 15) is 14.4 Å². The second kappa shape index (κ2) is 8.77. The molecule has 1 rings (SSSR count). The van der Waals surface area contributed by atoms with Crippen molar-refractivity contribution < 1.29 is 19.5 Å². The van der Waals surface area contributed by atoms with Gasteiger partial charge in [0.1, 0.15) is 0 Å². The van der Waals surface area contributed by atoms with E-state index in [0.717, 1.165) is 5.56 Å². The maximum atomic E-state index is 11.9. The summed E-state index contributed by atoms with van der Waals surface area (Å²) in [5.41, 5.74) is 1.64. The molecular weight excluding hydrogens is 298 g/mol. The van der Waals surface area contributed by atoms with Crippen LogP contribution in [0.25, 0.3) is 0 Å². The number of carboxylic acid groups (broad SMARTS) is 1. The molecule has 0 fully saturated rings. The van der Waals surface area contributed by atoms with Crippen LogP contribution in [-0.4, -0.2) is 54.6 Å². The van der Waals surface area contributed by atoms with Gasteiger partial charge in [0.15, 0.2) is 0 Å². The molecule has 0 heterocycles. The summed E-state index contributed by atoms with van der Waals surface area (Å²) in [6.45, 7) is 4.16. The average Bonchev–Trinajstić information content (AvgIpc) is 2.51. The molecule has 1 aromatic carbocycles. The molecule has 3 amide bonds. The smallest absolute Gasteiger partial charge is 0.317 e. The van der Waals surface area contributed by atoms with E-state index in [1.165, 1.54) is 18.9 Å². The van der Waals surface area contributed by atoms with Gasteiger partial charge in [0.2, 0.25) is 0 Å². The molecule has 1 unspecified atom stereocenters. The number of hydrogen-bond donors (Lipinski definition) is 3. The number of amides is 3. The fourth-order valence-electron chi connectivity index (χ4n) is 1.86. The molecule has 0 aromatic heterocycles. The van der Waals surface area contributed by atoms with Crippen LogP contribution in [0.5, 0.6) is 0 Å². The predicted molar refractivity (Wildman–Crippen MR) is 86.3 cm³/mol. The van der Waals surface area contributed by atoms with Crippen molar-refractivity contribution in [1.82, 2.24) is 15.5 Å². The number of carboxylic acids is 1. The third-order valence-corrected chi connectivity index (χ3v) is 3.32. The van der Waals surface area contributed by atoms with Gasteiger partial charge < -0.3 is 20.6 Å². The van der Waals surface area contributed by atoms with Gasteiger partial charge in [0.25, 0.3) is 5.91 Å². The van der Waals surface area contributed by atoms with Crippen LogP contribution in [0, 0.1) is 12.8 Å². The predicted octanol–water partition coefficient (Wildman–Crippen LogP) is 1.09. The normalized spacial score (nSPS) is 11.4. The molecule has 0 saturated carbocycles. The van der Waals surface area contributed by atoms with Crippen LogP contribution >= 0.6 is 0 Å². The van der Waals surface area contributed by atoms with Gasteiger partial charge in [-0.25, -0.2) is 4.79 Å². The Morgan fingerprint density at radius 3 is 2.26 bits per heavy atom. The lowest BCUT2D eigenvalue weighted by atomic mass is 10.1. The van der Waals surface area contributed by atoms with Gasteiger partial charge in [0, 0.05) is 32.2 Å². The van der Waals surface area contributed by atoms with E-state index in [-0.39, 0.29) is 25.0 Å². The van der Waals surface area contributed by atoms with Crippen LogP contribution in [0.15, 0.2) is 24.3 Å². The Kier molecular flexibility index (Phi) is 7.05. The number of nitrogens with zero attached hydrogens (tertiary/aromatic N) is 1. The van der Waals surface area contributed by atoms with E-state index in [2.05, 4.69) is 10.6 Å². The lowest BCUT2D eigenvalue weighted by Crippen LogP contribution is -2.43. The summed E-state index contributed by atoms with van der Waals surface area (Å²) in [6, 6.07) is 6.82. The minimum Gasteiger partial charge on any atom is -0.481 e. The maximum Gasteiger partial charge on any atom is 0.317 e. The average molecular weight is 321 g/mol. The fraction of sp³-hybridized carbons (Fsp3) is 0.438. The highest BCUT2D eigenvalue weighted by Gasteiger charge is 2.16. The number of carbonyl (C=O) groups is 3. The van der Waals surface area contributed by atoms with Gasteiger partial charge in [-0.2, -0.15) is 0 Å². The van der Waals surface area contributed by atoms with Crippen LogP contribution in [0.3, 0.4) is 0 Å². The highest BCUT2D eigenvalue weighted by Crippen LogP contribution is 2.02. The molecule has 3 N–H and O–H groups in total. The van der Waals surface area contributed by atoms with E-state index in [4.69, 9.17) is 5.11 Å². The molecule has 1 aromatic rings. The first-order chi connectivity index (χ1) is 10.8. The molecule has 7 nitrogen and oxygen atoms in total. The fourth-order valence-corrected chi connectivity index (χ4v) is 1.86. The molecule has 1 atom stereocenters. The summed E-state index contributed by atoms with van der Waals surface area (Å²) in [5, 5.41) is 14.1. The van der Waals surface area contributed by atoms with Crippen LogP contribution in [-0.2, 0) is 4.79 Å². The standard InChI is InChI=1S/C16H23N3O4/c1-11-4-6-13(7-5-11)14(20)17-8-9-18-16(23)19(3)10-12(2)15(21)22/h4-7,12H,8-10H2,1-3H3,(H,17,20)(H,18,23)(H,21,22). The van der Waals surface area contributed by atoms with Crippen LogP contribution in [0.1, 0.15) is 22.8 Å². The van der Waals surface area contributed by atoms with Crippen molar-refractivity contribution >= 4 is 17.9 Å². The number of hydrogen-bond acceptors (Lipinski definition) is 3. The molecule has 0 aliphatic heterocycles. The Labute approximate surface area is 135 Å². The van der Waals surface area contributed by atoms with Crippen LogP contribution in [0.2, 0.25) is 0 Å². The lowest BCUT2D eigenvalue weighted by molar-refractivity contribution is -0.141. The van der Waals surface area contributed by atoms with Crippen molar-refractivity contribution in [3.63, 3.8) is 0 Å². The first-order valence-electron chi connectivity index (χ1n) is 7.38. The SMILES string of the molecule is Cc1ccc(C(=O)NCCNC(=O)N(C)CC(C)C(=O)O)cc1. The van der Waals surface area contributed by atoms with E-state index >= 15 is 0 Å². The minimum absolute atomic E-state index is 0.122. The second-order valence-corrected chi connectivity index (χ2v) is 5.47. The molecule has 23 heavy (non-hydrogen) atoms. The number of aryl methyl sites for hydroxylation is 1. The molecule has 0 spiro atoms. The highest BCUT2D eigenvalue weighted by molar-refractivity contribution is 5.94. The van der Waals surface area contributed by atoms with E-state index < -0.39 is 11.9 Å². The molecule has 0 bridgehead atoms. The number of rotatable bonds is 7. The zero-order valence-corrected chi connectivity index (χ0v) is 13.6. The van der Waals surface area contributed by atoms with Crippen molar-refractivity contribution in [2.75, 3.05) is 26.7 Å². The summed E-state index contributed by atoms with van der Waals surface area (Å²) in [4.78, 5) is 35.7. The van der Waals surface area contributed by atoms with Gasteiger partial charge in [-0.3, -0.25) is 9.59 Å². The number of nitrogens with one attached hydrogen (secondary N) is 2. The number of carbonyl (C=O) groups excluding carboxylic acids is 2. The highest BCUT2D eigenvalue weighted by atomic mass is 16.4. The molecule has 0 radical (unpaired) electrons. The Hall–Kier alpha value is -2.57. The van der Waals surface area contributed by atoms with Crippen LogP contribution in [0.4, 0.5) is 4.79 Å². The topological polar surface area (TPSA) is 98.7 Å². The van der Waals surface area contributed by atoms with Gasteiger partial charge in [-0.1, -0.05) is 24.6 Å². The summed E-state index contributed by atoms with van der Waals surface area (Å²) in [6.07, 6.45) is 0. The molecule has 0 saturated heterocycles. The summed E-state index contributed by atoms with van der Waals surface area (Å²) >= 11 is 0. The summed E-state index contributed by atoms with van der Waals surface area (Å²) < 4.78 is 0. The third kappa shape index (κ3) is 6.37. The molecular formula is C16H23N3O4. The van der Waals surface area contributed by atoms with Gasteiger partial charge in [0.05, 0.1) is 5.92 Å². The Bertz CT molecular complexity index is 557. The number of aliphatic carboxylic acids is 1. The first-order valence-corrected chi connectivity index (χ1v) is 7.38. The van der Waals surface area contributed by atoms with Crippen molar-refractivity contribution in [2.45, 2.75) is 13.8 Å². The first kappa shape index (κ1) is 18.5. The summed E-state index contributed by atoms with van der Waals surface area (Å²) in [5.74, 6) is -1.78.